The van der Waals surface area contributed by atoms with Crippen LogP contribution in [0.5, 0.6) is 0 Å². The van der Waals surface area contributed by atoms with Crippen molar-refractivity contribution in [2.75, 3.05) is 87.2 Å². The lowest BCUT2D eigenvalue weighted by Crippen LogP contribution is -2.63. The third-order valence-electron chi connectivity index (χ3n) is 10.3. The predicted molar refractivity (Wildman–Crippen MR) is 169 cm³/mol. The van der Waals surface area contributed by atoms with Crippen molar-refractivity contribution in [1.82, 2.24) is 24.7 Å². The van der Waals surface area contributed by atoms with Crippen molar-refractivity contribution in [3.63, 3.8) is 0 Å². The zero-order valence-electron chi connectivity index (χ0n) is 25.4. The molecule has 43 heavy (non-hydrogen) atoms. The molecule has 3 saturated heterocycles. The maximum atomic E-state index is 12.6. The minimum absolute atomic E-state index is 0.102. The van der Waals surface area contributed by atoms with Crippen molar-refractivity contribution in [2.45, 2.75) is 50.2 Å². The third kappa shape index (κ3) is 5.34. The fourth-order valence-electron chi connectivity index (χ4n) is 7.75. The van der Waals surface area contributed by atoms with Crippen LogP contribution in [-0.2, 0) is 24.1 Å². The van der Waals surface area contributed by atoms with E-state index in [2.05, 4.69) is 68.5 Å². The lowest BCUT2D eigenvalue weighted by molar-refractivity contribution is -0.128. The fourth-order valence-corrected chi connectivity index (χ4v) is 7.75. The van der Waals surface area contributed by atoms with E-state index in [4.69, 9.17) is 9.97 Å². The van der Waals surface area contributed by atoms with Crippen LogP contribution in [0.2, 0.25) is 0 Å². The number of anilines is 3. The van der Waals surface area contributed by atoms with Crippen molar-refractivity contribution in [3.05, 3.63) is 53.7 Å². The van der Waals surface area contributed by atoms with Gasteiger partial charge in [0, 0.05) is 95.2 Å². The van der Waals surface area contributed by atoms with Crippen LogP contribution in [0.25, 0.3) is 0 Å². The van der Waals surface area contributed by atoms with Crippen LogP contribution in [0, 0.1) is 11.3 Å². The van der Waals surface area contributed by atoms with Gasteiger partial charge >= 0.3 is 0 Å². The highest BCUT2D eigenvalue weighted by molar-refractivity contribution is 5.87. The standard InChI is InChI=1S/C33H43N9O/c1-3-31(43)42-19-18-39(21-26(42)10-12-34)32-28-9-8-25(41-13-11-24-6-4-5-7-30(24)41)20-29(28)35-33(36-32)40-22-27(23-40)38-16-14-37(2)15-17-38/h3-7,25-27H,1,8-11,13-23H2,2H3/t25?,26-/m0/s1. The number of carbonyl (C=O) groups is 1. The molecule has 0 saturated carbocycles. The Balaban J connectivity index is 1.16. The average Bonchev–Trinajstić information content (AvgIpc) is 3.45. The molecule has 0 spiro atoms. The molecule has 5 aliphatic rings. The lowest BCUT2D eigenvalue weighted by atomic mass is 9.90. The smallest absolute Gasteiger partial charge is 0.246 e. The van der Waals surface area contributed by atoms with Crippen molar-refractivity contribution in [1.29, 1.82) is 5.26 Å². The predicted octanol–water partition coefficient (Wildman–Crippen LogP) is 1.95. The minimum Gasteiger partial charge on any atom is -0.368 e. The molecule has 5 heterocycles. The van der Waals surface area contributed by atoms with E-state index in [1.807, 2.05) is 0 Å². The maximum absolute atomic E-state index is 12.6. The summed E-state index contributed by atoms with van der Waals surface area (Å²) in [5.74, 6) is 1.74. The van der Waals surface area contributed by atoms with Crippen LogP contribution in [0.15, 0.2) is 36.9 Å². The number of likely N-dealkylation sites (N-methyl/N-ethyl adjacent to an activating group) is 1. The van der Waals surface area contributed by atoms with Crippen molar-refractivity contribution < 1.29 is 4.79 Å². The summed E-state index contributed by atoms with van der Waals surface area (Å²) in [7, 11) is 2.20. The Hall–Kier alpha value is -3.68. The number of hydrogen-bond donors (Lipinski definition) is 0. The summed E-state index contributed by atoms with van der Waals surface area (Å²) >= 11 is 0. The van der Waals surface area contributed by atoms with Gasteiger partial charge in [-0.1, -0.05) is 24.8 Å². The number of carbonyl (C=O) groups excluding carboxylic acids is 1. The number of hydrogen-bond acceptors (Lipinski definition) is 9. The van der Waals surface area contributed by atoms with Crippen LogP contribution in [0.1, 0.15) is 29.7 Å². The van der Waals surface area contributed by atoms with Crippen molar-refractivity contribution in [3.8, 4) is 6.07 Å². The highest BCUT2D eigenvalue weighted by Gasteiger charge is 2.38. The maximum Gasteiger partial charge on any atom is 0.246 e. The van der Waals surface area contributed by atoms with Gasteiger partial charge in [0.25, 0.3) is 0 Å². The molecule has 1 aromatic carbocycles. The Kier molecular flexibility index (Phi) is 7.70. The van der Waals surface area contributed by atoms with Gasteiger partial charge in [0.2, 0.25) is 11.9 Å². The van der Waals surface area contributed by atoms with Crippen LogP contribution < -0.4 is 14.7 Å². The van der Waals surface area contributed by atoms with E-state index in [1.165, 1.54) is 28.6 Å². The fraction of sp³-hybridized carbons (Fsp3) is 0.576. The molecule has 0 radical (unpaired) electrons. The van der Waals surface area contributed by atoms with E-state index in [0.717, 1.165) is 83.3 Å². The molecule has 226 valence electrons. The molecule has 10 nitrogen and oxygen atoms in total. The first-order chi connectivity index (χ1) is 21.0. The second kappa shape index (κ2) is 11.8. The average molecular weight is 582 g/mol. The summed E-state index contributed by atoms with van der Waals surface area (Å²) in [5, 5.41) is 9.57. The van der Waals surface area contributed by atoms with Gasteiger partial charge in [-0.05, 0) is 44.0 Å². The summed E-state index contributed by atoms with van der Waals surface area (Å²) in [5.41, 5.74) is 5.25. The molecule has 1 unspecified atom stereocenters. The number of para-hydroxylation sites is 1. The Morgan fingerprint density at radius 3 is 2.60 bits per heavy atom. The number of nitrogens with zero attached hydrogens (tertiary/aromatic N) is 9. The Bertz CT molecular complexity index is 1410. The number of fused-ring (bicyclic) bond motifs is 2. The first-order valence-electron chi connectivity index (χ1n) is 16.0. The molecule has 7 rings (SSSR count). The van der Waals surface area contributed by atoms with Gasteiger partial charge < -0.3 is 24.5 Å². The highest BCUT2D eigenvalue weighted by atomic mass is 16.2. The molecule has 2 atom stereocenters. The molecular weight excluding hydrogens is 538 g/mol. The van der Waals surface area contributed by atoms with Crippen LogP contribution in [0.3, 0.4) is 0 Å². The lowest BCUT2D eigenvalue weighted by Gasteiger charge is -2.48. The number of nitriles is 1. The Morgan fingerprint density at radius 2 is 1.81 bits per heavy atom. The molecular formula is C33H43N9O. The summed E-state index contributed by atoms with van der Waals surface area (Å²) < 4.78 is 0. The van der Waals surface area contributed by atoms with E-state index in [-0.39, 0.29) is 11.9 Å². The molecule has 4 aliphatic heterocycles. The summed E-state index contributed by atoms with van der Waals surface area (Å²) in [4.78, 5) is 37.2. The molecule has 3 fully saturated rings. The van der Waals surface area contributed by atoms with Crippen molar-refractivity contribution >= 4 is 23.4 Å². The first kappa shape index (κ1) is 28.1. The first-order valence-corrected chi connectivity index (χ1v) is 16.0. The number of amides is 1. The summed E-state index contributed by atoms with van der Waals surface area (Å²) in [6.45, 7) is 13.0. The SMILES string of the molecule is C=CC(=O)N1CCN(c2nc(N3CC(N4CCN(C)CC4)C3)nc3c2CCC(N2CCc4ccccc42)C3)C[C@@H]1CC#N. The van der Waals surface area contributed by atoms with E-state index < -0.39 is 0 Å². The molecule has 1 aliphatic carbocycles. The van der Waals surface area contributed by atoms with E-state index in [9.17, 15) is 10.1 Å². The monoisotopic (exact) mass is 581 g/mol. The molecule has 2 aromatic rings. The Morgan fingerprint density at radius 1 is 1.00 bits per heavy atom. The molecule has 1 amide bonds. The van der Waals surface area contributed by atoms with E-state index in [1.54, 1.807) is 4.90 Å². The quantitative estimate of drug-likeness (QED) is 0.475. The number of benzene rings is 1. The summed E-state index contributed by atoms with van der Waals surface area (Å²) in [6, 6.07) is 11.9. The third-order valence-corrected chi connectivity index (χ3v) is 10.3. The zero-order chi connectivity index (χ0) is 29.5. The normalized spacial score (nSPS) is 24.7. The minimum atomic E-state index is -0.179. The van der Waals surface area contributed by atoms with Gasteiger partial charge in [0.15, 0.2) is 0 Å². The molecule has 10 heteroatoms. The second-order valence-electron chi connectivity index (χ2n) is 12.8. The van der Waals surface area contributed by atoms with Crippen LogP contribution in [-0.4, -0.2) is 121 Å². The topological polar surface area (TPSA) is 86.1 Å². The van der Waals surface area contributed by atoms with Crippen LogP contribution in [0.4, 0.5) is 17.5 Å². The number of aromatic nitrogens is 2. The van der Waals surface area contributed by atoms with Gasteiger partial charge in [0.05, 0.1) is 24.2 Å². The largest absolute Gasteiger partial charge is 0.368 e. The van der Waals surface area contributed by atoms with Gasteiger partial charge in [-0.2, -0.15) is 10.2 Å². The van der Waals surface area contributed by atoms with E-state index >= 15 is 0 Å². The Labute approximate surface area is 255 Å². The molecule has 0 N–H and O–H groups in total. The second-order valence-corrected chi connectivity index (χ2v) is 12.8. The van der Waals surface area contributed by atoms with E-state index in [0.29, 0.717) is 38.1 Å². The van der Waals surface area contributed by atoms with Gasteiger partial charge in [-0.15, -0.1) is 0 Å². The highest BCUT2D eigenvalue weighted by Crippen LogP contribution is 2.38. The van der Waals surface area contributed by atoms with Crippen molar-refractivity contribution in [2.24, 2.45) is 0 Å². The van der Waals surface area contributed by atoms with Gasteiger partial charge in [-0.3, -0.25) is 9.69 Å². The molecule has 0 bridgehead atoms. The van der Waals surface area contributed by atoms with Gasteiger partial charge in [-0.25, -0.2) is 4.98 Å². The van der Waals surface area contributed by atoms with Gasteiger partial charge in [0.1, 0.15) is 5.82 Å². The zero-order valence-corrected chi connectivity index (χ0v) is 25.4. The number of piperazine rings is 2. The molecule has 1 aromatic heterocycles. The summed E-state index contributed by atoms with van der Waals surface area (Å²) in [6.07, 6.45) is 5.69. The van der Waals surface area contributed by atoms with Crippen LogP contribution >= 0.6 is 0 Å². The number of rotatable bonds is 6.